The quantitative estimate of drug-likeness (QED) is 0.665. The summed E-state index contributed by atoms with van der Waals surface area (Å²) in [5, 5.41) is 14.6. The Kier molecular flexibility index (Phi) is 4.68. The van der Waals surface area contributed by atoms with Gasteiger partial charge in [0, 0.05) is 17.7 Å². The zero-order valence-corrected chi connectivity index (χ0v) is 13.1. The lowest BCUT2D eigenvalue weighted by molar-refractivity contribution is -0.388. The number of carbonyl (C=O) groups is 1. The van der Waals surface area contributed by atoms with Gasteiger partial charge in [-0.2, -0.15) is 17.9 Å². The van der Waals surface area contributed by atoms with Crippen molar-refractivity contribution in [3.8, 4) is 11.6 Å². The van der Waals surface area contributed by atoms with Crippen molar-refractivity contribution in [3.63, 3.8) is 0 Å². The molecule has 0 aliphatic heterocycles. The van der Waals surface area contributed by atoms with Crippen LogP contribution >= 0.6 is 0 Å². The Labute approximate surface area is 139 Å². The topological polar surface area (TPSA) is 113 Å². The fraction of sp³-hybridized carbons (Fsp3) is 0.286. The van der Waals surface area contributed by atoms with Crippen LogP contribution in [-0.2, 0) is 12.6 Å². The predicted octanol–water partition coefficient (Wildman–Crippen LogP) is 3.40. The van der Waals surface area contributed by atoms with Gasteiger partial charge in [-0.15, -0.1) is 5.10 Å². The fourth-order valence-corrected chi connectivity index (χ4v) is 2.29. The maximum absolute atomic E-state index is 13.0. The number of hydrogen-bond acceptors (Lipinski definition) is 5. The van der Waals surface area contributed by atoms with Gasteiger partial charge in [-0.3, -0.25) is 10.1 Å². The summed E-state index contributed by atoms with van der Waals surface area (Å²) in [4.78, 5) is 20.9. The first-order valence-electron chi connectivity index (χ1n) is 6.98. The van der Waals surface area contributed by atoms with Crippen molar-refractivity contribution < 1.29 is 27.6 Å². The van der Waals surface area contributed by atoms with Crippen molar-refractivity contribution in [2.75, 3.05) is 0 Å². The minimum absolute atomic E-state index is 0.0965. The van der Waals surface area contributed by atoms with Gasteiger partial charge in [0.05, 0.1) is 10.6 Å². The summed E-state index contributed by atoms with van der Waals surface area (Å²) in [7, 11) is 0. The zero-order chi connectivity index (χ0) is 18.9. The molecule has 11 heteroatoms. The molecule has 0 bridgehead atoms. The van der Waals surface area contributed by atoms with E-state index in [1.54, 1.807) is 13.8 Å². The van der Waals surface area contributed by atoms with Crippen molar-refractivity contribution in [2.45, 2.75) is 26.4 Å². The van der Waals surface area contributed by atoms with E-state index in [0.29, 0.717) is 29.8 Å². The molecular formula is C14H13F3N4O4. The first kappa shape index (κ1) is 18.2. The number of benzene rings is 1. The Morgan fingerprint density at radius 1 is 1.44 bits per heavy atom. The molecule has 8 nitrogen and oxygen atoms in total. The Balaban J connectivity index is 2.50. The third-order valence-electron chi connectivity index (χ3n) is 3.45. The minimum atomic E-state index is -4.93. The van der Waals surface area contributed by atoms with Crippen molar-refractivity contribution in [2.24, 2.45) is 5.73 Å². The summed E-state index contributed by atoms with van der Waals surface area (Å²) in [5.74, 6) is -0.400. The third-order valence-corrected chi connectivity index (χ3v) is 3.45. The van der Waals surface area contributed by atoms with Crippen LogP contribution in [0.2, 0.25) is 0 Å². The Bertz CT molecular complexity index is 845. The number of nitro groups is 1. The molecule has 0 aliphatic carbocycles. The number of rotatable bonds is 4. The number of halogens is 3. The van der Waals surface area contributed by atoms with E-state index in [1.807, 2.05) is 0 Å². The average Bonchev–Trinajstić information content (AvgIpc) is 2.82. The molecule has 2 N–H and O–H groups in total. The molecule has 25 heavy (non-hydrogen) atoms. The van der Waals surface area contributed by atoms with E-state index in [-0.39, 0.29) is 11.6 Å². The molecule has 0 saturated heterocycles. The first-order chi connectivity index (χ1) is 11.6. The van der Waals surface area contributed by atoms with Gasteiger partial charge in [0.15, 0.2) is 0 Å². The Morgan fingerprint density at radius 2 is 2.08 bits per heavy atom. The number of ether oxygens (including phenoxy) is 1. The number of carbonyl (C=O) groups excluding carboxylic acids is 1. The van der Waals surface area contributed by atoms with E-state index >= 15 is 0 Å². The standard InChI is InChI=1S/C14H13F3N4O4/c1-3-9-7(2)20(13(18)22)19-12(9)25-8-4-5-11(21(23)24)10(6-8)14(15,16)17/h4-6H,3H2,1-2H3,(H2,18,22). The molecule has 2 rings (SSSR count). The lowest BCUT2D eigenvalue weighted by Crippen LogP contribution is -2.22. The summed E-state index contributed by atoms with van der Waals surface area (Å²) in [6, 6.07) is 1.35. The van der Waals surface area contributed by atoms with Crippen LogP contribution in [0.5, 0.6) is 11.6 Å². The van der Waals surface area contributed by atoms with Gasteiger partial charge in [0.1, 0.15) is 11.3 Å². The summed E-state index contributed by atoms with van der Waals surface area (Å²) in [6.07, 6.45) is -4.55. The maximum Gasteiger partial charge on any atom is 0.423 e. The number of amides is 1. The molecule has 0 atom stereocenters. The molecule has 1 aromatic carbocycles. The van der Waals surface area contributed by atoms with Crippen molar-refractivity contribution >= 4 is 11.7 Å². The average molecular weight is 358 g/mol. The number of nitrogens with zero attached hydrogens (tertiary/aromatic N) is 3. The highest BCUT2D eigenvalue weighted by Gasteiger charge is 2.38. The number of alkyl halides is 3. The molecule has 0 saturated carbocycles. The molecule has 134 valence electrons. The van der Waals surface area contributed by atoms with Crippen LogP contribution in [0.4, 0.5) is 23.7 Å². The largest absolute Gasteiger partial charge is 0.437 e. The molecule has 2 aromatic rings. The van der Waals surface area contributed by atoms with E-state index in [2.05, 4.69) is 5.10 Å². The molecule has 0 fully saturated rings. The van der Waals surface area contributed by atoms with Crippen molar-refractivity contribution in [1.29, 1.82) is 0 Å². The van der Waals surface area contributed by atoms with Crippen LogP contribution < -0.4 is 10.5 Å². The van der Waals surface area contributed by atoms with E-state index in [0.717, 1.165) is 10.7 Å². The molecule has 0 aliphatic rings. The number of primary amides is 1. The normalized spacial score (nSPS) is 11.4. The summed E-state index contributed by atoms with van der Waals surface area (Å²) < 4.78 is 45.2. The van der Waals surface area contributed by atoms with Crippen LogP contribution in [0.3, 0.4) is 0 Å². The second-order valence-electron chi connectivity index (χ2n) is 5.01. The molecule has 1 amide bonds. The van der Waals surface area contributed by atoms with E-state index < -0.39 is 28.4 Å². The monoisotopic (exact) mass is 358 g/mol. The van der Waals surface area contributed by atoms with Crippen LogP contribution in [0, 0.1) is 17.0 Å². The number of aromatic nitrogens is 2. The fourth-order valence-electron chi connectivity index (χ4n) is 2.29. The maximum atomic E-state index is 13.0. The summed E-state index contributed by atoms with van der Waals surface area (Å²) >= 11 is 0. The molecular weight excluding hydrogens is 345 g/mol. The Morgan fingerprint density at radius 3 is 2.56 bits per heavy atom. The molecule has 1 aromatic heterocycles. The lowest BCUT2D eigenvalue weighted by Gasteiger charge is -2.10. The van der Waals surface area contributed by atoms with E-state index in [9.17, 15) is 28.1 Å². The molecule has 0 unspecified atom stereocenters. The van der Waals surface area contributed by atoms with Crippen LogP contribution in [0.25, 0.3) is 0 Å². The highest BCUT2D eigenvalue weighted by atomic mass is 19.4. The molecule has 0 spiro atoms. The first-order valence-corrected chi connectivity index (χ1v) is 6.98. The summed E-state index contributed by atoms with van der Waals surface area (Å²) in [6.45, 7) is 3.29. The summed E-state index contributed by atoms with van der Waals surface area (Å²) in [5.41, 5.74) is 3.50. The minimum Gasteiger partial charge on any atom is -0.437 e. The highest BCUT2D eigenvalue weighted by molar-refractivity contribution is 5.75. The second-order valence-corrected chi connectivity index (χ2v) is 5.01. The van der Waals surface area contributed by atoms with Gasteiger partial charge in [0.25, 0.3) is 5.69 Å². The second kappa shape index (κ2) is 6.42. The van der Waals surface area contributed by atoms with Gasteiger partial charge >= 0.3 is 12.2 Å². The van der Waals surface area contributed by atoms with Gasteiger partial charge in [0.2, 0.25) is 5.88 Å². The van der Waals surface area contributed by atoms with Gasteiger partial charge in [-0.25, -0.2) is 4.79 Å². The number of nitro benzene ring substituents is 1. The van der Waals surface area contributed by atoms with E-state index in [4.69, 9.17) is 10.5 Å². The Hall–Kier alpha value is -3.11. The van der Waals surface area contributed by atoms with Crippen LogP contribution in [0.1, 0.15) is 23.7 Å². The molecule has 0 radical (unpaired) electrons. The van der Waals surface area contributed by atoms with Crippen molar-refractivity contribution in [1.82, 2.24) is 9.78 Å². The zero-order valence-electron chi connectivity index (χ0n) is 13.1. The van der Waals surface area contributed by atoms with Crippen LogP contribution in [-0.4, -0.2) is 20.7 Å². The highest BCUT2D eigenvalue weighted by Crippen LogP contribution is 2.39. The van der Waals surface area contributed by atoms with Crippen LogP contribution in [0.15, 0.2) is 18.2 Å². The van der Waals surface area contributed by atoms with Gasteiger partial charge < -0.3 is 10.5 Å². The number of hydrogen-bond donors (Lipinski definition) is 1. The third kappa shape index (κ3) is 3.54. The smallest absolute Gasteiger partial charge is 0.423 e. The predicted molar refractivity (Wildman–Crippen MR) is 79.5 cm³/mol. The van der Waals surface area contributed by atoms with E-state index in [1.165, 1.54) is 0 Å². The lowest BCUT2D eigenvalue weighted by atomic mass is 10.1. The number of nitrogens with two attached hydrogens (primary N) is 1. The SMILES string of the molecule is CCc1c(Oc2ccc([N+](=O)[O-])c(C(F)(F)F)c2)nn(C(N)=O)c1C. The van der Waals surface area contributed by atoms with Gasteiger partial charge in [-0.1, -0.05) is 6.92 Å². The van der Waals surface area contributed by atoms with Crippen molar-refractivity contribution in [3.05, 3.63) is 45.1 Å². The molecule has 1 heterocycles. The van der Waals surface area contributed by atoms with Gasteiger partial charge in [-0.05, 0) is 19.4 Å².